The fourth-order valence-corrected chi connectivity index (χ4v) is 0. The number of hydrogen-bond acceptors (Lipinski definition) is 12. The second-order valence-electron chi connectivity index (χ2n) is 1.47. The first kappa shape index (κ1) is 26.6. The van der Waals surface area contributed by atoms with Gasteiger partial charge in [0.25, 0.3) is 0 Å². The van der Waals surface area contributed by atoms with E-state index in [1.807, 2.05) is 0 Å². The molecule has 0 bridgehead atoms. The van der Waals surface area contributed by atoms with Crippen LogP contribution in [0.1, 0.15) is 0 Å². The van der Waals surface area contributed by atoms with Crippen molar-refractivity contribution >= 4 is 24.5 Å². The monoisotopic (exact) mass is 455 g/mol. The molecule has 0 aromatic carbocycles. The molecule has 0 aromatic rings. The smallest absolute Gasteiger partial charge is 0.692 e. The summed E-state index contributed by atoms with van der Waals surface area (Å²) >= 11 is 0. The van der Waals surface area contributed by atoms with Gasteiger partial charge in [0.1, 0.15) is 0 Å². The summed E-state index contributed by atoms with van der Waals surface area (Å²) in [7, 11) is -14.7. The summed E-state index contributed by atoms with van der Waals surface area (Å²) in [6.07, 6.45) is 0. The number of phosphoric acid groups is 3. The maximum Gasteiger partial charge on any atom is 3.00 e. The van der Waals surface area contributed by atoms with Gasteiger partial charge in [-0.1, -0.05) is 0 Å². The van der Waals surface area contributed by atoms with Crippen molar-refractivity contribution in [2.24, 2.45) is 0 Å². The molecule has 0 fully saturated rings. The summed E-state index contributed by atoms with van der Waals surface area (Å²) in [5.41, 5.74) is 0. The molecule has 0 aliphatic carbocycles. The Labute approximate surface area is 121 Å². The molecule has 0 atom stereocenters. The molecule has 6 N–H and O–H groups in total. The van der Waals surface area contributed by atoms with Crippen LogP contribution in [-0.4, -0.2) is 29.4 Å². The Morgan fingerprint density at radius 2 is 0.500 bits per heavy atom. The first-order valence-electron chi connectivity index (χ1n) is 2.30. The van der Waals surface area contributed by atoms with Crippen LogP contribution in [0.15, 0.2) is 0 Å². The van der Waals surface area contributed by atoms with E-state index >= 15 is 0 Å². The van der Waals surface area contributed by atoms with E-state index in [1.54, 1.807) is 0 Å². The van der Waals surface area contributed by atoms with Gasteiger partial charge in [0.05, 0.1) is 0 Å². The van der Waals surface area contributed by atoms with Crippen molar-refractivity contribution in [3.63, 3.8) is 0 Å². The minimum Gasteiger partial charge on any atom is -0.692 e. The van der Waals surface area contributed by atoms with E-state index in [0.29, 0.717) is 0 Å². The first-order valence-corrected chi connectivity index (χ1v) is 6.89. The van der Waals surface area contributed by atoms with Crippen molar-refractivity contribution < 1.29 is 96.9 Å². The molecule has 0 aliphatic rings. The zero-order valence-electron chi connectivity index (χ0n) is 6.79. The van der Waals surface area contributed by atoms with Gasteiger partial charge in [-0.05, 0) is 0 Å². The summed E-state index contributed by atoms with van der Waals surface area (Å²) in [6, 6.07) is 0. The van der Waals surface area contributed by atoms with Gasteiger partial charge >= 0.3 is 54.5 Å². The van der Waals surface area contributed by atoms with E-state index in [4.69, 9.17) is 58.7 Å². The predicted octanol–water partition coefficient (Wildman–Crippen LogP) is -7.89. The van der Waals surface area contributed by atoms with Crippen LogP contribution in [0, 0.1) is 38.2 Å². The van der Waals surface area contributed by atoms with Crippen LogP contribution in [0.4, 0.5) is 0 Å². The third-order valence-electron chi connectivity index (χ3n) is 0. The van der Waals surface area contributed by atoms with Crippen LogP contribution in [0.25, 0.3) is 0 Å². The van der Waals surface area contributed by atoms with Gasteiger partial charge in [-0.3, -0.25) is 0 Å². The number of hydrogen-bond donors (Lipinski definition) is 6. The molecule has 0 saturated heterocycles. The van der Waals surface area contributed by atoms with Crippen molar-refractivity contribution in [1.29, 1.82) is 0 Å². The largest absolute Gasteiger partial charge is 3.00 e. The third kappa shape index (κ3) is 843. The number of rotatable bonds is 0. The van der Waals surface area contributed by atoms with Crippen LogP contribution in [0.2, 0.25) is 0 Å². The Balaban J connectivity index is -0.0000000655. The van der Waals surface area contributed by atoms with Crippen LogP contribution in [0.5, 0.6) is 0 Å². The SMILES string of the molecule is [Dy+3].[O-][P+](O)(O)O.[O-][P+](O)(O)O.[O-][P+]([O-])([O-])[O-]. The van der Waals surface area contributed by atoms with Gasteiger partial charge in [-0.2, -0.15) is 29.4 Å². The van der Waals surface area contributed by atoms with Gasteiger partial charge < -0.3 is 29.4 Å². The Morgan fingerprint density at radius 3 is 0.500 bits per heavy atom. The van der Waals surface area contributed by atoms with Gasteiger partial charge in [-0.15, -0.1) is 0 Å². The Bertz CT molecular complexity index is 91.3. The Hall–Kier alpha value is 2.08. The summed E-state index contributed by atoms with van der Waals surface area (Å²) in [4.78, 5) is 95.1. The molecule has 103 valence electrons. The Morgan fingerprint density at radius 1 is 0.500 bits per heavy atom. The van der Waals surface area contributed by atoms with Crippen molar-refractivity contribution in [3.8, 4) is 0 Å². The molecule has 16 heteroatoms. The van der Waals surface area contributed by atoms with E-state index in [-0.39, 0.29) is 38.2 Å². The zero-order chi connectivity index (χ0) is 13.5. The molecule has 0 rings (SSSR count). The fraction of sp³-hybridized carbons (Fsp3) is 0. The van der Waals surface area contributed by atoms with Crippen LogP contribution in [0.3, 0.4) is 0 Å². The third-order valence-corrected chi connectivity index (χ3v) is 0. The molecule has 0 unspecified atom stereocenters. The van der Waals surface area contributed by atoms with E-state index in [1.165, 1.54) is 0 Å². The predicted molar refractivity (Wildman–Crippen MR) is 34.1 cm³/mol. The summed E-state index contributed by atoms with van der Waals surface area (Å²) < 4.78 is 0. The topological polar surface area (TPSA) is 260 Å². The average molecular weight is 453 g/mol. The van der Waals surface area contributed by atoms with E-state index in [2.05, 4.69) is 0 Å². The first-order chi connectivity index (χ1) is 6.00. The standard InChI is InChI=1S/Dy.3H3O4P/c;3*1-5(2,3)4/h;3*(H3,1,2,3,4)/q+3;;;/p-3. The molecule has 12 nitrogen and oxygen atoms in total. The van der Waals surface area contributed by atoms with E-state index < -0.39 is 24.5 Å². The van der Waals surface area contributed by atoms with Crippen molar-refractivity contribution in [2.75, 3.05) is 0 Å². The minimum atomic E-state index is -5.39. The van der Waals surface area contributed by atoms with Crippen molar-refractivity contribution in [3.05, 3.63) is 0 Å². The molecule has 0 amide bonds. The normalized spacial score (nSPS) is 11.2. The Kier molecular flexibility index (Phi) is 18.2. The maximum absolute atomic E-state index is 8.88. The van der Waals surface area contributed by atoms with Crippen LogP contribution in [-0.2, 0) is 0 Å². The van der Waals surface area contributed by atoms with Crippen LogP contribution < -0.4 is 29.4 Å². The van der Waals surface area contributed by atoms with Gasteiger partial charge in [0, 0.05) is 0 Å². The summed E-state index contributed by atoms with van der Waals surface area (Å²) in [5.74, 6) is 0. The second kappa shape index (κ2) is 11.0. The molecule has 0 spiro atoms. The fourth-order valence-electron chi connectivity index (χ4n) is 0. The molecular formula is H6DyO12P3. The van der Waals surface area contributed by atoms with Gasteiger partial charge in [0.15, 0.2) is 0 Å². The van der Waals surface area contributed by atoms with Crippen molar-refractivity contribution in [2.45, 2.75) is 0 Å². The van der Waals surface area contributed by atoms with Gasteiger partial charge in [-0.25, -0.2) is 8.17 Å². The van der Waals surface area contributed by atoms with Gasteiger partial charge in [0.2, 0.25) is 0 Å². The molecule has 0 aliphatic heterocycles. The summed E-state index contributed by atoms with van der Waals surface area (Å²) in [6.45, 7) is 0. The molecular weight excluding hydrogens is 447 g/mol. The molecule has 0 heterocycles. The maximum atomic E-state index is 8.88. The second-order valence-corrected chi connectivity index (χ2v) is 4.42. The molecule has 16 heavy (non-hydrogen) atoms. The molecule has 0 saturated carbocycles. The average Bonchev–Trinajstić information content (AvgIpc) is 1.41. The summed E-state index contributed by atoms with van der Waals surface area (Å²) in [5, 5.41) is 0. The van der Waals surface area contributed by atoms with Crippen LogP contribution >= 0.6 is 24.5 Å². The van der Waals surface area contributed by atoms with Crippen molar-refractivity contribution in [1.82, 2.24) is 0 Å². The quantitative estimate of drug-likeness (QED) is 0.187. The molecule has 0 aromatic heterocycles. The van der Waals surface area contributed by atoms with E-state index in [9.17, 15) is 0 Å². The minimum absolute atomic E-state index is 0. The van der Waals surface area contributed by atoms with E-state index in [0.717, 1.165) is 0 Å². The molecule has 1 radical (unpaired) electrons. The zero-order valence-corrected chi connectivity index (χ0v) is 11.5.